The molecule has 4 nitrogen and oxygen atoms in total. The highest BCUT2D eigenvalue weighted by Gasteiger charge is 2.26. The van der Waals surface area contributed by atoms with E-state index in [1.54, 1.807) is 6.26 Å². The van der Waals surface area contributed by atoms with Crippen molar-refractivity contribution in [1.29, 1.82) is 0 Å². The van der Waals surface area contributed by atoms with Gasteiger partial charge in [0.15, 0.2) is 0 Å². The number of benzene rings is 1. The minimum absolute atomic E-state index is 0.369. The molecule has 0 aliphatic heterocycles. The molecule has 3 aromatic rings. The number of rotatable bonds is 5. The fourth-order valence-corrected chi connectivity index (χ4v) is 3.72. The van der Waals surface area contributed by atoms with Crippen LogP contribution in [0.15, 0.2) is 65.3 Å². The number of nitrogens with zero attached hydrogens (tertiary/aromatic N) is 2. The number of aryl methyl sites for hydroxylation is 1. The molecule has 0 spiro atoms. The number of hydrogen-bond donors (Lipinski definition) is 1. The molecular formula is C21H23N3O. The van der Waals surface area contributed by atoms with E-state index in [4.69, 9.17) is 9.52 Å². The molecule has 0 amide bonds. The Bertz CT molecular complexity index is 862. The molecule has 4 heteroatoms. The molecule has 1 aliphatic carbocycles. The summed E-state index contributed by atoms with van der Waals surface area (Å²) in [5, 5.41) is 8.34. The molecule has 0 bridgehead atoms. The molecule has 2 aromatic heterocycles. The Morgan fingerprint density at radius 2 is 1.96 bits per heavy atom. The topological polar surface area (TPSA) is 43.0 Å². The maximum Gasteiger partial charge on any atom is 0.117 e. The van der Waals surface area contributed by atoms with E-state index in [0.717, 1.165) is 30.1 Å². The Morgan fingerprint density at radius 3 is 2.72 bits per heavy atom. The highest BCUT2D eigenvalue weighted by Crippen LogP contribution is 2.33. The van der Waals surface area contributed by atoms with Crippen LogP contribution in [0.4, 0.5) is 0 Å². The van der Waals surface area contributed by atoms with E-state index >= 15 is 0 Å². The molecule has 1 N–H and O–H groups in total. The Balaban J connectivity index is 1.49. The average molecular weight is 333 g/mol. The smallest absolute Gasteiger partial charge is 0.117 e. The van der Waals surface area contributed by atoms with Crippen LogP contribution in [0.2, 0.25) is 0 Å². The van der Waals surface area contributed by atoms with Gasteiger partial charge in [0.25, 0.3) is 0 Å². The normalized spacial score (nSPS) is 19.6. The molecule has 1 aromatic carbocycles. The molecule has 4 rings (SSSR count). The minimum atomic E-state index is 0.369. The number of hydrogen-bond acceptors (Lipinski definition) is 3. The van der Waals surface area contributed by atoms with Crippen LogP contribution in [0.3, 0.4) is 0 Å². The zero-order valence-corrected chi connectivity index (χ0v) is 14.6. The molecule has 1 aliphatic rings. The highest BCUT2D eigenvalue weighted by atomic mass is 16.3. The number of furan rings is 1. The van der Waals surface area contributed by atoms with E-state index in [2.05, 4.69) is 60.3 Å². The van der Waals surface area contributed by atoms with Gasteiger partial charge in [-0.1, -0.05) is 30.4 Å². The molecule has 0 saturated carbocycles. The molecule has 2 atom stereocenters. The van der Waals surface area contributed by atoms with Crippen LogP contribution in [0.5, 0.6) is 0 Å². The van der Waals surface area contributed by atoms with Crippen molar-refractivity contribution in [2.75, 3.05) is 0 Å². The van der Waals surface area contributed by atoms with Crippen molar-refractivity contribution in [2.45, 2.75) is 38.8 Å². The van der Waals surface area contributed by atoms with Gasteiger partial charge in [0, 0.05) is 23.2 Å². The summed E-state index contributed by atoms with van der Waals surface area (Å²) in [5.41, 5.74) is 4.80. The standard InChI is InChI=1S/C21H23N3O/c1-15-21(16(2)24(23-15)19-7-4-3-5-8-19)17-10-11-18(13-17)22-14-20-9-6-12-25-20/h3-12,17-18,22H,13-14H2,1-2H3/t17-,18-/m1/s1. The van der Waals surface area contributed by atoms with Crippen LogP contribution in [-0.2, 0) is 6.54 Å². The first kappa shape index (κ1) is 15.9. The van der Waals surface area contributed by atoms with Crippen LogP contribution in [-0.4, -0.2) is 15.8 Å². The number of nitrogens with one attached hydrogen (secondary N) is 1. The van der Waals surface area contributed by atoms with Gasteiger partial charge in [-0.15, -0.1) is 0 Å². The van der Waals surface area contributed by atoms with Gasteiger partial charge in [-0.3, -0.25) is 0 Å². The first-order valence-corrected chi connectivity index (χ1v) is 8.78. The maximum atomic E-state index is 5.40. The molecule has 128 valence electrons. The zero-order valence-electron chi connectivity index (χ0n) is 14.6. The lowest BCUT2D eigenvalue weighted by Crippen LogP contribution is -2.25. The van der Waals surface area contributed by atoms with Crippen LogP contribution in [0.1, 0.15) is 35.1 Å². The Labute approximate surface area is 148 Å². The highest BCUT2D eigenvalue weighted by molar-refractivity contribution is 5.41. The third-order valence-electron chi connectivity index (χ3n) is 4.92. The number of aromatic nitrogens is 2. The largest absolute Gasteiger partial charge is 0.468 e. The molecule has 0 unspecified atom stereocenters. The van der Waals surface area contributed by atoms with Gasteiger partial charge >= 0.3 is 0 Å². The van der Waals surface area contributed by atoms with E-state index in [0.29, 0.717) is 12.0 Å². The van der Waals surface area contributed by atoms with Crippen molar-refractivity contribution >= 4 is 0 Å². The second-order valence-electron chi connectivity index (χ2n) is 6.63. The summed E-state index contributed by atoms with van der Waals surface area (Å²) >= 11 is 0. The van der Waals surface area contributed by atoms with Gasteiger partial charge in [-0.25, -0.2) is 4.68 Å². The minimum Gasteiger partial charge on any atom is -0.468 e. The summed E-state index contributed by atoms with van der Waals surface area (Å²) in [6.45, 7) is 5.04. The first-order valence-electron chi connectivity index (χ1n) is 8.78. The van der Waals surface area contributed by atoms with Crippen LogP contribution < -0.4 is 5.32 Å². The summed E-state index contributed by atoms with van der Waals surface area (Å²) in [4.78, 5) is 0. The first-order chi connectivity index (χ1) is 12.2. The van der Waals surface area contributed by atoms with E-state index in [-0.39, 0.29) is 0 Å². The summed E-state index contributed by atoms with van der Waals surface area (Å²) < 4.78 is 7.45. The maximum absolute atomic E-state index is 5.40. The lowest BCUT2D eigenvalue weighted by atomic mass is 9.96. The van der Waals surface area contributed by atoms with Crippen molar-refractivity contribution in [1.82, 2.24) is 15.1 Å². The Morgan fingerprint density at radius 1 is 1.12 bits per heavy atom. The molecule has 25 heavy (non-hydrogen) atoms. The second kappa shape index (κ2) is 6.73. The lowest BCUT2D eigenvalue weighted by molar-refractivity contribution is 0.461. The van der Waals surface area contributed by atoms with Crippen molar-refractivity contribution in [2.24, 2.45) is 0 Å². The summed E-state index contributed by atoms with van der Waals surface area (Å²) in [5.74, 6) is 1.38. The quantitative estimate of drug-likeness (QED) is 0.709. The Kier molecular flexibility index (Phi) is 4.28. The average Bonchev–Trinajstić information content (AvgIpc) is 3.35. The van der Waals surface area contributed by atoms with Crippen molar-refractivity contribution in [3.8, 4) is 5.69 Å². The zero-order chi connectivity index (χ0) is 17.2. The predicted octanol–water partition coefficient (Wildman–Crippen LogP) is 4.28. The van der Waals surface area contributed by atoms with Crippen LogP contribution in [0, 0.1) is 13.8 Å². The molecule has 0 saturated heterocycles. The lowest BCUT2D eigenvalue weighted by Gasteiger charge is -2.14. The predicted molar refractivity (Wildman–Crippen MR) is 98.9 cm³/mol. The van der Waals surface area contributed by atoms with E-state index < -0.39 is 0 Å². The van der Waals surface area contributed by atoms with Crippen molar-refractivity contribution in [3.05, 3.63) is 83.6 Å². The van der Waals surface area contributed by atoms with Crippen molar-refractivity contribution < 1.29 is 4.42 Å². The molecule has 0 radical (unpaired) electrons. The van der Waals surface area contributed by atoms with Gasteiger partial charge in [0.1, 0.15) is 5.76 Å². The number of para-hydroxylation sites is 1. The van der Waals surface area contributed by atoms with Gasteiger partial charge in [0.05, 0.1) is 24.2 Å². The van der Waals surface area contributed by atoms with Crippen molar-refractivity contribution in [3.63, 3.8) is 0 Å². The SMILES string of the molecule is Cc1nn(-c2ccccc2)c(C)c1[C@@H]1C=C[C@@H](NCc2ccco2)C1. The van der Waals surface area contributed by atoms with Gasteiger partial charge in [-0.2, -0.15) is 5.10 Å². The van der Waals surface area contributed by atoms with Gasteiger partial charge < -0.3 is 9.73 Å². The monoisotopic (exact) mass is 333 g/mol. The van der Waals surface area contributed by atoms with E-state index in [9.17, 15) is 0 Å². The third-order valence-corrected chi connectivity index (χ3v) is 4.92. The van der Waals surface area contributed by atoms with Gasteiger partial charge in [-0.05, 0) is 44.5 Å². The molecular weight excluding hydrogens is 310 g/mol. The van der Waals surface area contributed by atoms with Crippen LogP contribution >= 0.6 is 0 Å². The Hall–Kier alpha value is -2.59. The molecule has 0 fully saturated rings. The fraction of sp³-hybridized carbons (Fsp3) is 0.286. The van der Waals surface area contributed by atoms with E-state index in [1.807, 2.05) is 18.2 Å². The summed E-state index contributed by atoms with van der Waals surface area (Å²) in [6, 6.07) is 14.6. The fourth-order valence-electron chi connectivity index (χ4n) is 3.72. The van der Waals surface area contributed by atoms with Gasteiger partial charge in [0.2, 0.25) is 0 Å². The third kappa shape index (κ3) is 3.17. The molecule has 2 heterocycles. The van der Waals surface area contributed by atoms with Crippen LogP contribution in [0.25, 0.3) is 5.69 Å². The number of allylic oxidation sites excluding steroid dienone is 1. The van der Waals surface area contributed by atoms with E-state index in [1.165, 1.54) is 11.3 Å². The summed E-state index contributed by atoms with van der Waals surface area (Å²) in [6.07, 6.45) is 7.36. The second-order valence-corrected chi connectivity index (χ2v) is 6.63. The summed E-state index contributed by atoms with van der Waals surface area (Å²) in [7, 11) is 0.